The van der Waals surface area contributed by atoms with Crippen molar-refractivity contribution in [2.45, 2.75) is 32.5 Å². The standard InChI is InChI=1S/C26H27N3O2/c1-18(2)29-24(22-10-6-7-11-23(22)26(29)31)28-21-14-12-20(13-15-21)25(30)27-17-16-19-8-4-3-5-9-19/h3-15,18,24,28H,16-17H2,1-2H3,(H,27,30). The molecule has 1 atom stereocenters. The minimum atomic E-state index is -0.228. The van der Waals surface area contributed by atoms with Crippen LogP contribution in [0, 0.1) is 0 Å². The summed E-state index contributed by atoms with van der Waals surface area (Å²) in [6, 6.07) is 25.2. The van der Waals surface area contributed by atoms with Gasteiger partial charge in [0.25, 0.3) is 11.8 Å². The number of carbonyl (C=O) groups excluding carboxylic acids is 2. The van der Waals surface area contributed by atoms with Crippen LogP contribution in [0.2, 0.25) is 0 Å². The van der Waals surface area contributed by atoms with Crippen molar-refractivity contribution in [1.29, 1.82) is 0 Å². The molecule has 5 heteroatoms. The van der Waals surface area contributed by atoms with E-state index < -0.39 is 0 Å². The van der Waals surface area contributed by atoms with Crippen LogP contribution in [0.15, 0.2) is 78.9 Å². The third-order valence-corrected chi connectivity index (χ3v) is 5.55. The Labute approximate surface area is 183 Å². The van der Waals surface area contributed by atoms with Crippen molar-refractivity contribution < 1.29 is 9.59 Å². The highest BCUT2D eigenvalue weighted by Gasteiger charge is 2.37. The van der Waals surface area contributed by atoms with Crippen molar-refractivity contribution in [3.8, 4) is 0 Å². The zero-order chi connectivity index (χ0) is 21.8. The van der Waals surface area contributed by atoms with E-state index >= 15 is 0 Å². The van der Waals surface area contributed by atoms with Crippen LogP contribution >= 0.6 is 0 Å². The molecule has 0 aliphatic carbocycles. The van der Waals surface area contributed by atoms with Gasteiger partial charge in [-0.3, -0.25) is 9.59 Å². The lowest BCUT2D eigenvalue weighted by molar-refractivity contribution is 0.0685. The number of fused-ring (bicyclic) bond motifs is 1. The third-order valence-electron chi connectivity index (χ3n) is 5.55. The molecule has 1 heterocycles. The van der Waals surface area contributed by atoms with Crippen LogP contribution in [-0.4, -0.2) is 29.3 Å². The predicted molar refractivity (Wildman–Crippen MR) is 123 cm³/mol. The number of rotatable bonds is 7. The molecule has 0 saturated carbocycles. The molecule has 1 aliphatic heterocycles. The summed E-state index contributed by atoms with van der Waals surface area (Å²) >= 11 is 0. The van der Waals surface area contributed by atoms with Gasteiger partial charge in [0, 0.05) is 35.0 Å². The Bertz CT molecular complexity index is 1060. The first-order valence-corrected chi connectivity index (χ1v) is 10.6. The van der Waals surface area contributed by atoms with Gasteiger partial charge < -0.3 is 15.5 Å². The fraction of sp³-hybridized carbons (Fsp3) is 0.231. The van der Waals surface area contributed by atoms with Gasteiger partial charge in [-0.15, -0.1) is 0 Å². The zero-order valence-corrected chi connectivity index (χ0v) is 17.8. The van der Waals surface area contributed by atoms with Crippen molar-refractivity contribution in [1.82, 2.24) is 10.2 Å². The second-order valence-electron chi connectivity index (χ2n) is 8.01. The van der Waals surface area contributed by atoms with Crippen LogP contribution in [0.4, 0.5) is 5.69 Å². The molecule has 31 heavy (non-hydrogen) atoms. The highest BCUT2D eigenvalue weighted by atomic mass is 16.2. The minimum Gasteiger partial charge on any atom is -0.361 e. The van der Waals surface area contributed by atoms with Gasteiger partial charge in [0.1, 0.15) is 6.17 Å². The Morgan fingerprint density at radius 1 is 0.935 bits per heavy atom. The minimum absolute atomic E-state index is 0.0394. The fourth-order valence-electron chi connectivity index (χ4n) is 3.96. The first-order valence-electron chi connectivity index (χ1n) is 10.6. The monoisotopic (exact) mass is 413 g/mol. The molecule has 0 aromatic heterocycles. The van der Waals surface area contributed by atoms with Gasteiger partial charge in [-0.1, -0.05) is 48.5 Å². The van der Waals surface area contributed by atoms with Gasteiger partial charge in [0.2, 0.25) is 0 Å². The highest BCUT2D eigenvalue weighted by molar-refractivity contribution is 5.99. The smallest absolute Gasteiger partial charge is 0.256 e. The summed E-state index contributed by atoms with van der Waals surface area (Å²) in [5.74, 6) is -0.0507. The second-order valence-corrected chi connectivity index (χ2v) is 8.01. The van der Waals surface area contributed by atoms with Crippen LogP contribution in [0.1, 0.15) is 51.9 Å². The highest BCUT2D eigenvalue weighted by Crippen LogP contribution is 2.35. The van der Waals surface area contributed by atoms with E-state index in [1.54, 1.807) is 0 Å². The normalized spacial score (nSPS) is 15.1. The van der Waals surface area contributed by atoms with Crippen molar-refractivity contribution in [3.05, 3.63) is 101 Å². The number of nitrogens with zero attached hydrogens (tertiary/aromatic N) is 1. The molecular weight excluding hydrogens is 386 g/mol. The molecular formula is C26H27N3O2. The summed E-state index contributed by atoms with van der Waals surface area (Å²) in [4.78, 5) is 27.1. The summed E-state index contributed by atoms with van der Waals surface area (Å²) in [6.45, 7) is 4.62. The Morgan fingerprint density at radius 3 is 2.32 bits per heavy atom. The van der Waals surface area contributed by atoms with Gasteiger partial charge in [0.15, 0.2) is 0 Å². The molecule has 3 aromatic rings. The molecule has 1 aliphatic rings. The number of hydrogen-bond donors (Lipinski definition) is 2. The van der Waals surface area contributed by atoms with E-state index in [-0.39, 0.29) is 24.0 Å². The number of nitrogens with one attached hydrogen (secondary N) is 2. The molecule has 0 radical (unpaired) electrons. The molecule has 0 bridgehead atoms. The van der Waals surface area contributed by atoms with Crippen LogP contribution < -0.4 is 10.6 Å². The van der Waals surface area contributed by atoms with Crippen molar-refractivity contribution >= 4 is 17.5 Å². The summed E-state index contributed by atoms with van der Waals surface area (Å²) in [7, 11) is 0. The van der Waals surface area contributed by atoms with Crippen LogP contribution in [0.25, 0.3) is 0 Å². The van der Waals surface area contributed by atoms with Crippen LogP contribution in [-0.2, 0) is 6.42 Å². The maximum absolute atomic E-state index is 12.8. The largest absolute Gasteiger partial charge is 0.361 e. The SMILES string of the molecule is CC(C)N1C(=O)c2ccccc2C1Nc1ccc(C(=O)NCCc2ccccc2)cc1. The molecule has 4 rings (SSSR count). The maximum Gasteiger partial charge on any atom is 0.256 e. The molecule has 2 amide bonds. The lowest BCUT2D eigenvalue weighted by atomic mass is 10.1. The van der Waals surface area contributed by atoms with Gasteiger partial charge >= 0.3 is 0 Å². The number of hydrogen-bond acceptors (Lipinski definition) is 3. The van der Waals surface area contributed by atoms with Crippen molar-refractivity contribution in [2.24, 2.45) is 0 Å². The van der Waals surface area contributed by atoms with Gasteiger partial charge in [-0.05, 0) is 56.2 Å². The van der Waals surface area contributed by atoms with Gasteiger partial charge in [-0.2, -0.15) is 0 Å². The summed E-state index contributed by atoms with van der Waals surface area (Å²) in [5, 5.41) is 6.43. The quantitative estimate of drug-likeness (QED) is 0.593. The first kappa shape index (κ1) is 20.7. The number of benzene rings is 3. The van der Waals surface area contributed by atoms with E-state index in [1.807, 2.05) is 85.5 Å². The molecule has 1 unspecified atom stereocenters. The average molecular weight is 414 g/mol. The number of carbonyl (C=O) groups is 2. The van der Waals surface area contributed by atoms with E-state index in [1.165, 1.54) is 5.56 Å². The third kappa shape index (κ3) is 4.45. The van der Waals surface area contributed by atoms with Crippen molar-refractivity contribution in [3.63, 3.8) is 0 Å². The van der Waals surface area contributed by atoms with Gasteiger partial charge in [0.05, 0.1) is 0 Å². The topological polar surface area (TPSA) is 61.4 Å². The summed E-state index contributed by atoms with van der Waals surface area (Å²) in [5.41, 5.74) is 4.39. The van der Waals surface area contributed by atoms with Crippen LogP contribution in [0.3, 0.4) is 0 Å². The average Bonchev–Trinajstić information content (AvgIpc) is 3.07. The Balaban J connectivity index is 1.41. The van der Waals surface area contributed by atoms with E-state index in [0.717, 1.165) is 23.2 Å². The summed E-state index contributed by atoms with van der Waals surface area (Å²) < 4.78 is 0. The first-order chi connectivity index (χ1) is 15.0. The molecule has 2 N–H and O–H groups in total. The lowest BCUT2D eigenvalue weighted by Crippen LogP contribution is -2.37. The summed E-state index contributed by atoms with van der Waals surface area (Å²) in [6.07, 6.45) is 0.570. The molecule has 0 saturated heterocycles. The molecule has 3 aromatic carbocycles. The van der Waals surface area contributed by atoms with Gasteiger partial charge in [-0.25, -0.2) is 0 Å². The zero-order valence-electron chi connectivity index (χ0n) is 17.8. The molecule has 158 valence electrons. The van der Waals surface area contributed by atoms with E-state index in [4.69, 9.17) is 0 Å². The van der Waals surface area contributed by atoms with E-state index in [0.29, 0.717) is 12.1 Å². The molecule has 0 spiro atoms. The van der Waals surface area contributed by atoms with Crippen molar-refractivity contribution in [2.75, 3.05) is 11.9 Å². The Kier molecular flexibility index (Phi) is 6.03. The maximum atomic E-state index is 12.8. The Hall–Kier alpha value is -3.60. The Morgan fingerprint density at radius 2 is 1.61 bits per heavy atom. The molecule has 5 nitrogen and oxygen atoms in total. The van der Waals surface area contributed by atoms with E-state index in [2.05, 4.69) is 22.8 Å². The van der Waals surface area contributed by atoms with Crippen LogP contribution in [0.5, 0.6) is 0 Å². The lowest BCUT2D eigenvalue weighted by Gasteiger charge is -2.30. The number of amides is 2. The van der Waals surface area contributed by atoms with E-state index in [9.17, 15) is 9.59 Å². The molecule has 0 fully saturated rings. The fourth-order valence-corrected chi connectivity index (χ4v) is 3.96. The predicted octanol–water partition coefficient (Wildman–Crippen LogP) is 4.63. The second kappa shape index (κ2) is 9.04. The number of anilines is 1.